The van der Waals surface area contributed by atoms with Gasteiger partial charge in [0.2, 0.25) is 5.91 Å². The van der Waals surface area contributed by atoms with E-state index < -0.39 is 11.3 Å². The Morgan fingerprint density at radius 1 is 1.43 bits per heavy atom. The molecule has 14 heavy (non-hydrogen) atoms. The summed E-state index contributed by atoms with van der Waals surface area (Å²) in [6.07, 6.45) is 4.50. The first-order chi connectivity index (χ1) is 6.63. The van der Waals surface area contributed by atoms with Crippen LogP contribution in [-0.4, -0.2) is 23.0 Å². The minimum Gasteiger partial charge on any atom is -0.396 e. The van der Waals surface area contributed by atoms with Crippen molar-refractivity contribution in [3.05, 3.63) is 0 Å². The molecule has 0 aromatic carbocycles. The van der Waals surface area contributed by atoms with Crippen LogP contribution in [0.1, 0.15) is 39.0 Å². The highest BCUT2D eigenvalue weighted by Crippen LogP contribution is 2.22. The average Bonchev–Trinajstić information content (AvgIpc) is 2.17. The topological polar surface area (TPSA) is 63.3 Å². The van der Waals surface area contributed by atoms with Crippen molar-refractivity contribution in [2.24, 2.45) is 11.7 Å². The first-order valence-corrected chi connectivity index (χ1v) is 5.61. The summed E-state index contributed by atoms with van der Waals surface area (Å²) in [4.78, 5) is 10.9. The lowest BCUT2D eigenvalue weighted by Gasteiger charge is -2.19. The number of unbranched alkanes of at least 4 members (excludes halogenated alkanes) is 1. The maximum Gasteiger partial charge on any atom is 0.235 e. The van der Waals surface area contributed by atoms with Gasteiger partial charge in [0, 0.05) is 6.61 Å². The number of aliphatic hydroxyl groups excluding tert-OH is 1. The van der Waals surface area contributed by atoms with Gasteiger partial charge in [0.05, 0.1) is 0 Å². The van der Waals surface area contributed by atoms with Gasteiger partial charge in [-0.1, -0.05) is 19.8 Å². The van der Waals surface area contributed by atoms with E-state index in [9.17, 15) is 4.79 Å². The highest BCUT2D eigenvalue weighted by atomic mass is 35.5. The Hall–Kier alpha value is -0.280. The molecule has 1 amide bonds. The second kappa shape index (κ2) is 8.06. The van der Waals surface area contributed by atoms with Crippen LogP contribution in [0.25, 0.3) is 0 Å². The normalized spacial score (nSPS) is 15.1. The highest BCUT2D eigenvalue weighted by Gasteiger charge is 2.22. The Bertz CT molecular complexity index is 156. The maximum absolute atomic E-state index is 10.9. The molecule has 2 atom stereocenters. The van der Waals surface area contributed by atoms with Crippen LogP contribution in [0.2, 0.25) is 0 Å². The Morgan fingerprint density at radius 3 is 2.43 bits per heavy atom. The number of carbonyl (C=O) groups excluding carboxylic acids is 1. The number of amides is 1. The highest BCUT2D eigenvalue weighted by molar-refractivity contribution is 6.30. The molecule has 0 rings (SSSR count). The van der Waals surface area contributed by atoms with E-state index in [1.807, 2.05) is 0 Å². The molecule has 3 N–H and O–H groups in total. The van der Waals surface area contributed by atoms with Crippen molar-refractivity contribution in [1.82, 2.24) is 0 Å². The zero-order chi connectivity index (χ0) is 11.0. The van der Waals surface area contributed by atoms with Gasteiger partial charge in [-0.2, -0.15) is 0 Å². The Labute approximate surface area is 90.6 Å². The first kappa shape index (κ1) is 13.7. The van der Waals surface area contributed by atoms with Gasteiger partial charge >= 0.3 is 0 Å². The zero-order valence-corrected chi connectivity index (χ0v) is 9.46. The number of rotatable bonds is 8. The number of aliphatic hydroxyl groups is 1. The summed E-state index contributed by atoms with van der Waals surface area (Å²) in [5.74, 6) is -0.341. The molecule has 0 saturated carbocycles. The van der Waals surface area contributed by atoms with Gasteiger partial charge < -0.3 is 10.8 Å². The van der Waals surface area contributed by atoms with E-state index in [2.05, 4.69) is 6.92 Å². The quantitative estimate of drug-likeness (QED) is 0.613. The molecule has 0 bridgehead atoms. The minimum atomic E-state index is -0.590. The van der Waals surface area contributed by atoms with E-state index in [0.717, 1.165) is 25.7 Å². The van der Waals surface area contributed by atoms with E-state index in [1.165, 1.54) is 0 Å². The summed E-state index contributed by atoms with van der Waals surface area (Å²) in [5.41, 5.74) is 5.15. The zero-order valence-electron chi connectivity index (χ0n) is 8.71. The molecule has 0 aliphatic heterocycles. The molecular formula is C10H20ClNO2. The summed E-state index contributed by atoms with van der Waals surface area (Å²) in [5, 5.41) is 8.11. The lowest BCUT2D eigenvalue weighted by atomic mass is 9.93. The molecule has 0 aliphatic carbocycles. The van der Waals surface area contributed by atoms with Gasteiger partial charge in [0.15, 0.2) is 0 Å². The van der Waals surface area contributed by atoms with Gasteiger partial charge in [0.1, 0.15) is 5.38 Å². The molecule has 0 spiro atoms. The van der Waals surface area contributed by atoms with E-state index >= 15 is 0 Å². The number of halogens is 1. The van der Waals surface area contributed by atoms with Gasteiger partial charge in [-0.05, 0) is 25.2 Å². The molecule has 0 radical (unpaired) electrons. The first-order valence-electron chi connectivity index (χ1n) is 5.17. The van der Waals surface area contributed by atoms with Crippen molar-refractivity contribution in [3.8, 4) is 0 Å². The fourth-order valence-electron chi connectivity index (χ4n) is 1.49. The number of hydrogen-bond acceptors (Lipinski definition) is 2. The Balaban J connectivity index is 4.01. The van der Waals surface area contributed by atoms with Gasteiger partial charge in [-0.25, -0.2) is 0 Å². The predicted molar refractivity (Wildman–Crippen MR) is 58.2 cm³/mol. The molecule has 0 heterocycles. The van der Waals surface area contributed by atoms with Crippen LogP contribution in [0, 0.1) is 5.92 Å². The maximum atomic E-state index is 10.9. The largest absolute Gasteiger partial charge is 0.396 e. The lowest BCUT2D eigenvalue weighted by molar-refractivity contribution is -0.118. The average molecular weight is 222 g/mol. The van der Waals surface area contributed by atoms with E-state index in [0.29, 0.717) is 6.42 Å². The molecular weight excluding hydrogens is 202 g/mol. The third-order valence-corrected chi connectivity index (χ3v) is 2.92. The second-order valence-electron chi connectivity index (χ2n) is 3.57. The third-order valence-electron chi connectivity index (χ3n) is 2.35. The summed E-state index contributed by atoms with van der Waals surface area (Å²) in [6.45, 7) is 2.24. The molecule has 4 heteroatoms. The molecule has 2 unspecified atom stereocenters. The van der Waals surface area contributed by atoms with Crippen molar-refractivity contribution in [2.75, 3.05) is 6.61 Å². The number of alkyl halides is 1. The predicted octanol–water partition coefficient (Wildman–Crippen LogP) is 1.66. The molecule has 3 nitrogen and oxygen atoms in total. The smallest absolute Gasteiger partial charge is 0.235 e. The molecule has 0 aromatic heterocycles. The van der Waals surface area contributed by atoms with E-state index in [1.54, 1.807) is 0 Å². The van der Waals surface area contributed by atoms with Crippen LogP contribution in [0.4, 0.5) is 0 Å². The molecule has 0 fully saturated rings. The van der Waals surface area contributed by atoms with Crippen molar-refractivity contribution in [1.29, 1.82) is 0 Å². The standard InChI is InChI=1S/C10H20ClNO2/c1-2-3-5-8(6-4-7-13)9(11)10(12)14/h8-9,13H,2-7H2,1H3,(H2,12,14). The van der Waals surface area contributed by atoms with Crippen LogP contribution in [0.5, 0.6) is 0 Å². The van der Waals surface area contributed by atoms with Gasteiger partial charge in [-0.15, -0.1) is 11.6 Å². The Morgan fingerprint density at radius 2 is 2.00 bits per heavy atom. The third kappa shape index (κ3) is 5.45. The molecule has 0 aliphatic rings. The van der Waals surface area contributed by atoms with Crippen molar-refractivity contribution >= 4 is 17.5 Å². The lowest BCUT2D eigenvalue weighted by Crippen LogP contribution is -2.31. The van der Waals surface area contributed by atoms with Crippen LogP contribution < -0.4 is 5.73 Å². The van der Waals surface area contributed by atoms with Gasteiger partial charge in [0.25, 0.3) is 0 Å². The summed E-state index contributed by atoms with van der Waals surface area (Å²) < 4.78 is 0. The van der Waals surface area contributed by atoms with E-state index in [4.69, 9.17) is 22.4 Å². The SMILES string of the molecule is CCCCC(CCCO)C(Cl)C(N)=O. The fourth-order valence-corrected chi connectivity index (χ4v) is 1.74. The number of nitrogens with two attached hydrogens (primary N) is 1. The van der Waals surface area contributed by atoms with E-state index in [-0.39, 0.29) is 12.5 Å². The minimum absolute atomic E-state index is 0.112. The monoisotopic (exact) mass is 221 g/mol. The molecule has 0 aromatic rings. The van der Waals surface area contributed by atoms with Crippen molar-refractivity contribution < 1.29 is 9.90 Å². The second-order valence-corrected chi connectivity index (χ2v) is 4.04. The van der Waals surface area contributed by atoms with Crippen LogP contribution in [0.3, 0.4) is 0 Å². The van der Waals surface area contributed by atoms with Crippen molar-refractivity contribution in [2.45, 2.75) is 44.4 Å². The van der Waals surface area contributed by atoms with Crippen LogP contribution in [-0.2, 0) is 4.79 Å². The number of primary amides is 1. The van der Waals surface area contributed by atoms with Crippen LogP contribution >= 0.6 is 11.6 Å². The summed E-state index contributed by atoms with van der Waals surface area (Å²) >= 11 is 5.90. The van der Waals surface area contributed by atoms with Crippen molar-refractivity contribution in [3.63, 3.8) is 0 Å². The number of carbonyl (C=O) groups is 1. The van der Waals surface area contributed by atoms with Gasteiger partial charge in [-0.3, -0.25) is 4.79 Å². The fraction of sp³-hybridized carbons (Fsp3) is 0.900. The van der Waals surface area contributed by atoms with Crippen LogP contribution in [0.15, 0.2) is 0 Å². The summed E-state index contributed by atoms with van der Waals surface area (Å²) in [7, 11) is 0. The Kier molecular flexibility index (Phi) is 7.90. The molecule has 0 saturated heterocycles. The number of hydrogen-bond donors (Lipinski definition) is 2. The summed E-state index contributed by atoms with van der Waals surface area (Å²) in [6, 6.07) is 0. The molecule has 84 valence electrons.